The molecule has 92 valence electrons. The Morgan fingerprint density at radius 3 is 3.12 bits per heavy atom. The van der Waals surface area contributed by atoms with Gasteiger partial charge in [0.1, 0.15) is 24.7 Å². The van der Waals surface area contributed by atoms with Crippen LogP contribution in [0.15, 0.2) is 18.2 Å². The van der Waals surface area contributed by atoms with Gasteiger partial charge in [-0.1, -0.05) is 0 Å². The highest BCUT2D eigenvalue weighted by molar-refractivity contribution is 5.97. The van der Waals surface area contributed by atoms with Crippen molar-refractivity contribution in [1.82, 2.24) is 4.90 Å². The number of ether oxygens (including phenoxy) is 2. The summed E-state index contributed by atoms with van der Waals surface area (Å²) in [4.78, 5) is 13.6. The molecule has 2 rings (SSSR count). The van der Waals surface area contributed by atoms with E-state index in [0.29, 0.717) is 43.4 Å². The van der Waals surface area contributed by atoms with Gasteiger partial charge in [-0.25, -0.2) is 0 Å². The number of amides is 1. The van der Waals surface area contributed by atoms with Crippen molar-refractivity contribution in [1.29, 1.82) is 0 Å². The van der Waals surface area contributed by atoms with Gasteiger partial charge in [0, 0.05) is 19.7 Å². The van der Waals surface area contributed by atoms with Crippen LogP contribution in [0.25, 0.3) is 0 Å². The van der Waals surface area contributed by atoms with Gasteiger partial charge in [0.15, 0.2) is 0 Å². The zero-order chi connectivity index (χ0) is 12.3. The fraction of sp³-hybridized carbons (Fsp3) is 0.417. The molecule has 2 N–H and O–H groups in total. The van der Waals surface area contributed by atoms with Crippen molar-refractivity contribution in [3.05, 3.63) is 23.8 Å². The molecule has 1 heterocycles. The van der Waals surface area contributed by atoms with Crippen molar-refractivity contribution < 1.29 is 14.3 Å². The number of fused-ring (bicyclic) bond motifs is 1. The van der Waals surface area contributed by atoms with Gasteiger partial charge in [-0.15, -0.1) is 0 Å². The van der Waals surface area contributed by atoms with Crippen LogP contribution < -0.4 is 15.2 Å². The third-order valence-corrected chi connectivity index (χ3v) is 2.60. The minimum Gasteiger partial charge on any atom is -0.492 e. The average molecular weight is 236 g/mol. The minimum atomic E-state index is -0.0251. The summed E-state index contributed by atoms with van der Waals surface area (Å²) in [5.74, 6) is 1.23. The van der Waals surface area contributed by atoms with Gasteiger partial charge in [-0.05, 0) is 12.1 Å². The van der Waals surface area contributed by atoms with Crippen molar-refractivity contribution in [2.75, 3.05) is 33.4 Å². The van der Waals surface area contributed by atoms with E-state index >= 15 is 0 Å². The van der Waals surface area contributed by atoms with E-state index in [2.05, 4.69) is 0 Å². The van der Waals surface area contributed by atoms with Crippen LogP contribution in [0.5, 0.6) is 11.5 Å². The lowest BCUT2D eigenvalue weighted by atomic mass is 10.1. The Bertz CT molecular complexity index is 420. The molecular formula is C12H16N2O3. The summed E-state index contributed by atoms with van der Waals surface area (Å²) >= 11 is 0. The zero-order valence-electron chi connectivity index (χ0n) is 9.81. The first-order valence-electron chi connectivity index (χ1n) is 5.57. The third kappa shape index (κ3) is 2.50. The minimum absolute atomic E-state index is 0.0251. The topological polar surface area (TPSA) is 64.8 Å². The molecule has 0 bridgehead atoms. The van der Waals surface area contributed by atoms with Crippen LogP contribution >= 0.6 is 0 Å². The third-order valence-electron chi connectivity index (χ3n) is 2.60. The highest BCUT2D eigenvalue weighted by atomic mass is 16.5. The molecule has 0 spiro atoms. The fourth-order valence-corrected chi connectivity index (χ4v) is 1.67. The van der Waals surface area contributed by atoms with Crippen LogP contribution in [-0.4, -0.2) is 44.2 Å². The number of nitrogens with two attached hydrogens (primary N) is 1. The van der Waals surface area contributed by atoms with Crippen molar-refractivity contribution in [3.8, 4) is 11.5 Å². The Kier molecular flexibility index (Phi) is 3.49. The quantitative estimate of drug-likeness (QED) is 0.829. The SMILES string of the molecule is CN1CCOc2cc(OCCN)ccc2C1=O. The lowest BCUT2D eigenvalue weighted by Gasteiger charge is -2.12. The highest BCUT2D eigenvalue weighted by Crippen LogP contribution is 2.27. The number of hydrogen-bond acceptors (Lipinski definition) is 4. The Hall–Kier alpha value is -1.75. The predicted octanol–water partition coefficient (Wildman–Crippen LogP) is 0.488. The molecule has 0 unspecified atom stereocenters. The largest absolute Gasteiger partial charge is 0.492 e. The van der Waals surface area contributed by atoms with Crippen molar-refractivity contribution in [2.24, 2.45) is 5.73 Å². The van der Waals surface area contributed by atoms with Crippen LogP contribution in [0.4, 0.5) is 0 Å². The monoisotopic (exact) mass is 236 g/mol. The standard InChI is InChI=1S/C12H16N2O3/c1-14-5-7-17-11-8-9(16-6-4-13)2-3-10(11)12(14)15/h2-3,8H,4-7,13H2,1H3. The van der Waals surface area contributed by atoms with Gasteiger partial charge in [0.25, 0.3) is 5.91 Å². The van der Waals surface area contributed by atoms with E-state index in [9.17, 15) is 4.79 Å². The van der Waals surface area contributed by atoms with Crippen LogP contribution in [-0.2, 0) is 0 Å². The molecule has 0 fully saturated rings. The summed E-state index contributed by atoms with van der Waals surface area (Å²) in [6.07, 6.45) is 0. The highest BCUT2D eigenvalue weighted by Gasteiger charge is 2.20. The smallest absolute Gasteiger partial charge is 0.257 e. The van der Waals surface area contributed by atoms with Gasteiger partial charge >= 0.3 is 0 Å². The van der Waals surface area contributed by atoms with E-state index in [1.54, 1.807) is 30.1 Å². The molecule has 0 saturated heterocycles. The molecule has 1 aromatic rings. The van der Waals surface area contributed by atoms with Crippen molar-refractivity contribution in [2.45, 2.75) is 0 Å². The van der Waals surface area contributed by atoms with Crippen molar-refractivity contribution in [3.63, 3.8) is 0 Å². The second kappa shape index (κ2) is 5.05. The van der Waals surface area contributed by atoms with Crippen LogP contribution in [0.2, 0.25) is 0 Å². The van der Waals surface area contributed by atoms with Gasteiger partial charge < -0.3 is 20.1 Å². The lowest BCUT2D eigenvalue weighted by Crippen LogP contribution is -2.27. The van der Waals surface area contributed by atoms with Gasteiger partial charge in [-0.2, -0.15) is 0 Å². The maximum Gasteiger partial charge on any atom is 0.257 e. The molecule has 0 aliphatic carbocycles. The Morgan fingerprint density at radius 1 is 1.53 bits per heavy atom. The molecule has 0 aromatic heterocycles. The molecule has 1 aromatic carbocycles. The number of hydrogen-bond donors (Lipinski definition) is 1. The Labute approximate surface area is 100 Å². The van der Waals surface area contributed by atoms with E-state index in [0.717, 1.165) is 0 Å². The maximum atomic E-state index is 11.9. The predicted molar refractivity (Wildman–Crippen MR) is 63.4 cm³/mol. The number of rotatable bonds is 3. The molecule has 5 heteroatoms. The summed E-state index contributed by atoms with van der Waals surface area (Å²) < 4.78 is 10.9. The molecule has 1 amide bonds. The summed E-state index contributed by atoms with van der Waals surface area (Å²) in [7, 11) is 1.76. The van der Waals surface area contributed by atoms with E-state index in [4.69, 9.17) is 15.2 Å². The number of carbonyl (C=O) groups is 1. The normalized spacial score (nSPS) is 14.9. The zero-order valence-corrected chi connectivity index (χ0v) is 9.81. The lowest BCUT2D eigenvalue weighted by molar-refractivity contribution is 0.0797. The van der Waals surface area contributed by atoms with Crippen LogP contribution in [0, 0.1) is 0 Å². The fourth-order valence-electron chi connectivity index (χ4n) is 1.67. The molecule has 5 nitrogen and oxygen atoms in total. The molecule has 17 heavy (non-hydrogen) atoms. The maximum absolute atomic E-state index is 11.9. The van der Waals surface area contributed by atoms with E-state index in [-0.39, 0.29) is 5.91 Å². The molecule has 0 saturated carbocycles. The van der Waals surface area contributed by atoms with Gasteiger partial charge in [-0.3, -0.25) is 4.79 Å². The molecule has 0 radical (unpaired) electrons. The molecule has 1 aliphatic heterocycles. The molecule has 1 aliphatic rings. The van der Waals surface area contributed by atoms with Crippen LogP contribution in [0.1, 0.15) is 10.4 Å². The van der Waals surface area contributed by atoms with Crippen LogP contribution in [0.3, 0.4) is 0 Å². The van der Waals surface area contributed by atoms with Crippen molar-refractivity contribution >= 4 is 5.91 Å². The number of carbonyl (C=O) groups excluding carboxylic acids is 1. The van der Waals surface area contributed by atoms with E-state index in [1.165, 1.54) is 0 Å². The first-order chi connectivity index (χ1) is 8.22. The number of likely N-dealkylation sites (N-methyl/N-ethyl adjacent to an activating group) is 1. The average Bonchev–Trinajstić information content (AvgIpc) is 2.48. The second-order valence-electron chi connectivity index (χ2n) is 3.87. The summed E-state index contributed by atoms with van der Waals surface area (Å²) in [6, 6.07) is 5.22. The number of nitrogens with zero attached hydrogens (tertiary/aromatic N) is 1. The summed E-state index contributed by atoms with van der Waals surface area (Å²) in [6.45, 7) is 1.99. The molecule has 0 atom stereocenters. The first-order valence-corrected chi connectivity index (χ1v) is 5.57. The van der Waals surface area contributed by atoms with Gasteiger partial charge in [0.2, 0.25) is 0 Å². The Morgan fingerprint density at radius 2 is 2.35 bits per heavy atom. The summed E-state index contributed by atoms with van der Waals surface area (Å²) in [5.41, 5.74) is 5.94. The molecular weight excluding hydrogens is 220 g/mol. The van der Waals surface area contributed by atoms with E-state index in [1.807, 2.05) is 0 Å². The van der Waals surface area contributed by atoms with E-state index < -0.39 is 0 Å². The first kappa shape index (κ1) is 11.7. The summed E-state index contributed by atoms with van der Waals surface area (Å²) in [5, 5.41) is 0. The van der Waals surface area contributed by atoms with Gasteiger partial charge in [0.05, 0.1) is 12.1 Å². The second-order valence-corrected chi connectivity index (χ2v) is 3.87. The number of benzene rings is 1. The Balaban J connectivity index is 2.26.